The molecule has 1 fully saturated rings. The molecule has 0 radical (unpaired) electrons. The Morgan fingerprint density at radius 3 is 2.57 bits per heavy atom. The third kappa shape index (κ3) is 4.65. The number of benzene rings is 2. The van der Waals surface area contributed by atoms with Gasteiger partial charge in [-0.3, -0.25) is 9.78 Å². The molecule has 1 aliphatic rings. The van der Waals surface area contributed by atoms with Gasteiger partial charge in [0, 0.05) is 40.5 Å². The number of rotatable bonds is 6. The van der Waals surface area contributed by atoms with E-state index in [1.54, 1.807) is 25.4 Å². The number of carbonyl (C=O) groups is 1. The number of aliphatic hydroxyl groups is 1. The zero-order chi connectivity index (χ0) is 24.4. The maximum atomic E-state index is 12.1. The molecule has 178 valence electrons. The molecule has 4 aromatic rings. The summed E-state index contributed by atoms with van der Waals surface area (Å²) >= 11 is 0. The van der Waals surface area contributed by atoms with Crippen LogP contribution in [0, 0.1) is 0 Å². The minimum atomic E-state index is -0.485. The van der Waals surface area contributed by atoms with E-state index in [2.05, 4.69) is 20.5 Å². The average Bonchev–Trinajstić information content (AvgIpc) is 2.89. The molecule has 35 heavy (non-hydrogen) atoms. The fourth-order valence-electron chi connectivity index (χ4n) is 4.70. The SMILES string of the molecule is COc1ccc(-c2cccc3c(-c4ccc(C(N)=O)c(NC5CCC(O)CC5)c4)nccc23)nn1. The quantitative estimate of drug-likeness (QED) is 0.387. The van der Waals surface area contributed by atoms with Crippen LogP contribution in [0.1, 0.15) is 36.0 Å². The highest BCUT2D eigenvalue weighted by molar-refractivity contribution is 6.04. The van der Waals surface area contributed by atoms with Crippen molar-refractivity contribution in [3.05, 3.63) is 66.4 Å². The van der Waals surface area contributed by atoms with Crippen LogP contribution in [0.4, 0.5) is 5.69 Å². The van der Waals surface area contributed by atoms with Crippen LogP contribution in [0.5, 0.6) is 5.88 Å². The first-order valence-corrected chi connectivity index (χ1v) is 11.7. The maximum absolute atomic E-state index is 12.1. The molecule has 8 nitrogen and oxygen atoms in total. The second-order valence-corrected chi connectivity index (χ2v) is 8.80. The van der Waals surface area contributed by atoms with Crippen molar-refractivity contribution in [3.63, 3.8) is 0 Å². The number of ether oxygens (including phenoxy) is 1. The molecule has 0 saturated heterocycles. The Labute approximate surface area is 203 Å². The number of primary amides is 1. The second kappa shape index (κ2) is 9.68. The van der Waals surface area contributed by atoms with Gasteiger partial charge in [-0.2, -0.15) is 0 Å². The van der Waals surface area contributed by atoms with Crippen molar-refractivity contribution in [1.29, 1.82) is 0 Å². The number of anilines is 1. The van der Waals surface area contributed by atoms with E-state index in [-0.39, 0.29) is 12.1 Å². The topological polar surface area (TPSA) is 123 Å². The van der Waals surface area contributed by atoms with Crippen molar-refractivity contribution >= 4 is 22.4 Å². The summed E-state index contributed by atoms with van der Waals surface area (Å²) in [5.74, 6) is -0.0282. The molecule has 0 bridgehead atoms. The van der Waals surface area contributed by atoms with Gasteiger partial charge in [-0.05, 0) is 55.3 Å². The van der Waals surface area contributed by atoms with Crippen LogP contribution >= 0.6 is 0 Å². The first-order valence-electron chi connectivity index (χ1n) is 11.7. The molecule has 0 aliphatic heterocycles. The van der Waals surface area contributed by atoms with Gasteiger partial charge in [-0.25, -0.2) is 0 Å². The molecule has 2 heterocycles. The van der Waals surface area contributed by atoms with Crippen molar-refractivity contribution in [3.8, 4) is 28.4 Å². The molecule has 1 aliphatic carbocycles. The number of aromatic nitrogens is 3. The number of hydrogen-bond acceptors (Lipinski definition) is 7. The summed E-state index contributed by atoms with van der Waals surface area (Å²) in [5.41, 5.74) is 10.1. The lowest BCUT2D eigenvalue weighted by atomic mass is 9.92. The summed E-state index contributed by atoms with van der Waals surface area (Å²) in [7, 11) is 1.56. The van der Waals surface area contributed by atoms with Crippen LogP contribution in [0.25, 0.3) is 33.3 Å². The first kappa shape index (κ1) is 22.7. The minimum absolute atomic E-state index is 0.174. The van der Waals surface area contributed by atoms with E-state index in [9.17, 15) is 9.90 Å². The highest BCUT2D eigenvalue weighted by Crippen LogP contribution is 2.35. The van der Waals surface area contributed by atoms with Gasteiger partial charge >= 0.3 is 0 Å². The summed E-state index contributed by atoms with van der Waals surface area (Å²) in [6, 6.07) is 17.4. The van der Waals surface area contributed by atoms with Crippen LogP contribution in [0.3, 0.4) is 0 Å². The van der Waals surface area contributed by atoms with Crippen molar-refractivity contribution in [2.24, 2.45) is 5.73 Å². The summed E-state index contributed by atoms with van der Waals surface area (Å²) < 4.78 is 5.13. The molecule has 1 saturated carbocycles. The number of amides is 1. The third-order valence-electron chi connectivity index (χ3n) is 6.55. The van der Waals surface area contributed by atoms with Gasteiger partial charge in [-0.1, -0.05) is 24.3 Å². The Morgan fingerprint density at radius 2 is 1.86 bits per heavy atom. The number of carbonyl (C=O) groups excluding carboxylic acids is 1. The molecule has 1 amide bonds. The average molecular weight is 470 g/mol. The zero-order valence-electron chi connectivity index (χ0n) is 19.4. The van der Waals surface area contributed by atoms with E-state index in [4.69, 9.17) is 10.5 Å². The van der Waals surface area contributed by atoms with Gasteiger partial charge in [0.25, 0.3) is 5.91 Å². The number of nitrogens with two attached hydrogens (primary N) is 1. The largest absolute Gasteiger partial charge is 0.480 e. The van der Waals surface area contributed by atoms with E-state index >= 15 is 0 Å². The number of fused-ring (bicyclic) bond motifs is 1. The molecule has 5 rings (SSSR count). The van der Waals surface area contributed by atoms with Gasteiger partial charge in [0.1, 0.15) is 0 Å². The van der Waals surface area contributed by atoms with Crippen LogP contribution in [0.2, 0.25) is 0 Å². The lowest BCUT2D eigenvalue weighted by Gasteiger charge is -2.28. The fraction of sp³-hybridized carbons (Fsp3) is 0.259. The van der Waals surface area contributed by atoms with Gasteiger partial charge in [0.2, 0.25) is 5.88 Å². The number of hydrogen-bond donors (Lipinski definition) is 3. The van der Waals surface area contributed by atoms with Gasteiger partial charge in [0.15, 0.2) is 0 Å². The predicted octanol–water partition coefficient (Wildman–Crippen LogP) is 4.18. The maximum Gasteiger partial charge on any atom is 0.250 e. The molecule has 8 heteroatoms. The Morgan fingerprint density at radius 1 is 1.03 bits per heavy atom. The Kier molecular flexibility index (Phi) is 6.29. The van der Waals surface area contributed by atoms with Crippen molar-refractivity contribution in [2.45, 2.75) is 37.8 Å². The number of pyridine rings is 1. The van der Waals surface area contributed by atoms with Crippen LogP contribution in [-0.2, 0) is 0 Å². The summed E-state index contributed by atoms with van der Waals surface area (Å²) in [5, 5.41) is 23.7. The van der Waals surface area contributed by atoms with E-state index < -0.39 is 5.91 Å². The predicted molar refractivity (Wildman–Crippen MR) is 135 cm³/mol. The first-order chi connectivity index (χ1) is 17.0. The lowest BCUT2D eigenvalue weighted by molar-refractivity contribution is 0.100. The normalized spacial score (nSPS) is 17.8. The van der Waals surface area contributed by atoms with Crippen molar-refractivity contribution in [2.75, 3.05) is 12.4 Å². The Bertz CT molecular complexity index is 1370. The summed E-state index contributed by atoms with van der Waals surface area (Å²) in [4.78, 5) is 16.8. The second-order valence-electron chi connectivity index (χ2n) is 8.80. The monoisotopic (exact) mass is 469 g/mol. The zero-order valence-corrected chi connectivity index (χ0v) is 19.4. The minimum Gasteiger partial charge on any atom is -0.480 e. The molecule has 2 aromatic heterocycles. The highest BCUT2D eigenvalue weighted by atomic mass is 16.5. The molecule has 2 aromatic carbocycles. The highest BCUT2D eigenvalue weighted by Gasteiger charge is 2.21. The Hall–Kier alpha value is -4.04. The van der Waals surface area contributed by atoms with E-state index in [1.165, 1.54) is 0 Å². The number of aliphatic hydroxyl groups excluding tert-OH is 1. The molecular formula is C27H27N5O3. The van der Waals surface area contributed by atoms with E-state index in [0.717, 1.165) is 59.0 Å². The smallest absolute Gasteiger partial charge is 0.250 e. The third-order valence-corrected chi connectivity index (χ3v) is 6.55. The van der Waals surface area contributed by atoms with Crippen molar-refractivity contribution < 1.29 is 14.6 Å². The van der Waals surface area contributed by atoms with E-state index in [0.29, 0.717) is 17.1 Å². The number of nitrogens with one attached hydrogen (secondary N) is 1. The van der Waals surface area contributed by atoms with Gasteiger partial charge in [0.05, 0.1) is 30.2 Å². The summed E-state index contributed by atoms with van der Waals surface area (Å²) in [6.07, 6.45) is 4.68. The van der Waals surface area contributed by atoms with Crippen LogP contribution in [-0.4, -0.2) is 45.5 Å². The summed E-state index contributed by atoms with van der Waals surface area (Å²) in [6.45, 7) is 0. The lowest BCUT2D eigenvalue weighted by Crippen LogP contribution is -2.29. The molecule has 0 unspecified atom stereocenters. The fourth-order valence-corrected chi connectivity index (χ4v) is 4.70. The van der Waals surface area contributed by atoms with Crippen LogP contribution < -0.4 is 15.8 Å². The van der Waals surface area contributed by atoms with Crippen molar-refractivity contribution in [1.82, 2.24) is 15.2 Å². The standard InChI is InChI=1S/C27H27N5O3/c1-35-25-12-11-23(31-32-25)20-3-2-4-21-19(20)13-14-29-26(21)16-5-10-22(27(28)34)24(15-16)30-17-6-8-18(33)9-7-17/h2-5,10-15,17-18,30,33H,6-9H2,1H3,(H2,28,34). The Balaban J connectivity index is 1.56. The molecule has 4 N–H and O–H groups in total. The van der Waals surface area contributed by atoms with Gasteiger partial charge in [-0.15, -0.1) is 10.2 Å². The van der Waals surface area contributed by atoms with E-state index in [1.807, 2.05) is 42.5 Å². The molecule has 0 spiro atoms. The molecular weight excluding hydrogens is 442 g/mol. The number of methoxy groups -OCH3 is 1. The molecule has 0 atom stereocenters. The number of nitrogens with zero attached hydrogens (tertiary/aromatic N) is 3. The van der Waals surface area contributed by atoms with Gasteiger partial charge < -0.3 is 20.9 Å². The van der Waals surface area contributed by atoms with Crippen LogP contribution in [0.15, 0.2) is 60.8 Å².